The standard InChI is InChI=1S/C17H23FN4O4/c1-4-17(2)15(24)22(16(25)19-17)20-14(23)11-21(3)9-10-26-13-8-6-5-7-12(13)18/h5-8H,4,9-11H2,1-3H3,(H,19,25)(H,20,23). The van der Waals surface area contributed by atoms with Crippen molar-refractivity contribution in [1.82, 2.24) is 20.7 Å². The lowest BCUT2D eigenvalue weighted by Gasteiger charge is -2.21. The van der Waals surface area contributed by atoms with E-state index in [1.807, 2.05) is 0 Å². The van der Waals surface area contributed by atoms with Gasteiger partial charge in [-0.2, -0.15) is 5.01 Å². The van der Waals surface area contributed by atoms with Crippen LogP contribution in [0.2, 0.25) is 0 Å². The summed E-state index contributed by atoms with van der Waals surface area (Å²) in [7, 11) is 1.67. The van der Waals surface area contributed by atoms with Crippen molar-refractivity contribution in [3.05, 3.63) is 30.1 Å². The minimum absolute atomic E-state index is 0.0550. The van der Waals surface area contributed by atoms with Gasteiger partial charge in [-0.1, -0.05) is 19.1 Å². The highest BCUT2D eigenvalue weighted by Gasteiger charge is 2.47. The molecule has 1 aromatic carbocycles. The van der Waals surface area contributed by atoms with Crippen molar-refractivity contribution < 1.29 is 23.5 Å². The first kappa shape index (κ1) is 19.6. The maximum atomic E-state index is 13.4. The van der Waals surface area contributed by atoms with Crippen molar-refractivity contribution in [2.75, 3.05) is 26.7 Å². The van der Waals surface area contributed by atoms with Crippen molar-refractivity contribution in [3.8, 4) is 5.75 Å². The molecule has 1 aliphatic rings. The lowest BCUT2D eigenvalue weighted by atomic mass is 10.00. The molecule has 1 unspecified atom stereocenters. The van der Waals surface area contributed by atoms with E-state index in [1.165, 1.54) is 12.1 Å². The van der Waals surface area contributed by atoms with E-state index >= 15 is 0 Å². The molecule has 0 aliphatic carbocycles. The second-order valence-electron chi connectivity index (χ2n) is 6.31. The number of rotatable bonds is 8. The average Bonchev–Trinajstić information content (AvgIpc) is 2.80. The van der Waals surface area contributed by atoms with Crippen LogP contribution < -0.4 is 15.5 Å². The smallest absolute Gasteiger partial charge is 0.344 e. The van der Waals surface area contributed by atoms with Crippen LogP contribution in [0.25, 0.3) is 0 Å². The number of ether oxygens (including phenoxy) is 1. The number of amides is 4. The van der Waals surface area contributed by atoms with Gasteiger partial charge in [0.05, 0.1) is 6.54 Å². The Labute approximate surface area is 151 Å². The molecular formula is C17H23FN4O4. The van der Waals surface area contributed by atoms with Crippen LogP contribution in [-0.4, -0.2) is 60.0 Å². The summed E-state index contributed by atoms with van der Waals surface area (Å²) in [5, 5.41) is 3.25. The highest BCUT2D eigenvalue weighted by molar-refractivity contribution is 6.07. The van der Waals surface area contributed by atoms with Gasteiger partial charge in [0, 0.05) is 6.54 Å². The molecule has 2 rings (SSSR count). The van der Waals surface area contributed by atoms with Crippen molar-refractivity contribution >= 4 is 17.8 Å². The van der Waals surface area contributed by atoms with Crippen molar-refractivity contribution in [1.29, 1.82) is 0 Å². The van der Waals surface area contributed by atoms with Gasteiger partial charge in [0.15, 0.2) is 11.6 Å². The maximum Gasteiger partial charge on any atom is 0.344 e. The fourth-order valence-electron chi connectivity index (χ4n) is 2.38. The summed E-state index contributed by atoms with van der Waals surface area (Å²) in [5.41, 5.74) is 1.30. The number of carbonyl (C=O) groups is 3. The second-order valence-corrected chi connectivity index (χ2v) is 6.31. The first-order valence-corrected chi connectivity index (χ1v) is 8.29. The second kappa shape index (κ2) is 8.13. The number of carbonyl (C=O) groups excluding carboxylic acids is 3. The fourth-order valence-corrected chi connectivity index (χ4v) is 2.38. The number of hydrogen-bond acceptors (Lipinski definition) is 5. The van der Waals surface area contributed by atoms with E-state index in [-0.39, 0.29) is 18.9 Å². The summed E-state index contributed by atoms with van der Waals surface area (Å²) in [6.45, 7) is 3.86. The molecule has 2 N–H and O–H groups in total. The Morgan fingerprint density at radius 2 is 2.08 bits per heavy atom. The Morgan fingerprint density at radius 1 is 1.38 bits per heavy atom. The Morgan fingerprint density at radius 3 is 2.69 bits per heavy atom. The molecule has 26 heavy (non-hydrogen) atoms. The van der Waals surface area contributed by atoms with Crippen LogP contribution >= 0.6 is 0 Å². The first-order valence-electron chi connectivity index (χ1n) is 8.29. The molecule has 0 saturated carbocycles. The summed E-state index contributed by atoms with van der Waals surface area (Å²) in [4.78, 5) is 37.8. The molecule has 1 heterocycles. The molecular weight excluding hydrogens is 343 g/mol. The summed E-state index contributed by atoms with van der Waals surface area (Å²) < 4.78 is 18.8. The van der Waals surface area contributed by atoms with Crippen LogP contribution in [-0.2, 0) is 9.59 Å². The topological polar surface area (TPSA) is 91.0 Å². The number of hydrazine groups is 1. The quantitative estimate of drug-likeness (QED) is 0.667. The predicted octanol–water partition coefficient (Wildman–Crippen LogP) is 0.888. The summed E-state index contributed by atoms with van der Waals surface area (Å²) in [6.07, 6.45) is 0.414. The molecule has 9 heteroatoms. The zero-order chi connectivity index (χ0) is 19.3. The SMILES string of the molecule is CCC1(C)NC(=O)N(NC(=O)CN(C)CCOc2ccccc2F)C1=O. The van der Waals surface area contributed by atoms with Gasteiger partial charge >= 0.3 is 6.03 Å². The van der Waals surface area contributed by atoms with E-state index in [2.05, 4.69) is 10.7 Å². The molecule has 1 saturated heterocycles. The lowest BCUT2D eigenvalue weighted by Crippen LogP contribution is -2.51. The fraction of sp³-hybridized carbons (Fsp3) is 0.471. The van der Waals surface area contributed by atoms with Crippen molar-refractivity contribution in [3.63, 3.8) is 0 Å². The number of halogens is 1. The number of nitrogens with zero attached hydrogens (tertiary/aromatic N) is 2. The Balaban J connectivity index is 1.78. The number of nitrogens with one attached hydrogen (secondary N) is 2. The molecule has 142 valence electrons. The third-order valence-corrected chi connectivity index (χ3v) is 4.19. The van der Waals surface area contributed by atoms with Crippen molar-refractivity contribution in [2.45, 2.75) is 25.8 Å². The van der Waals surface area contributed by atoms with Crippen LogP contribution in [0.4, 0.5) is 9.18 Å². The minimum Gasteiger partial charge on any atom is -0.489 e. The highest BCUT2D eigenvalue weighted by atomic mass is 19.1. The van der Waals surface area contributed by atoms with Crippen LogP contribution in [0, 0.1) is 5.82 Å². The van der Waals surface area contributed by atoms with Crippen molar-refractivity contribution in [2.24, 2.45) is 0 Å². The molecule has 8 nitrogen and oxygen atoms in total. The molecule has 1 aliphatic heterocycles. The van der Waals surface area contributed by atoms with Gasteiger partial charge in [0.25, 0.3) is 11.8 Å². The monoisotopic (exact) mass is 366 g/mol. The van der Waals surface area contributed by atoms with Crippen LogP contribution in [0.1, 0.15) is 20.3 Å². The number of hydrogen-bond donors (Lipinski definition) is 2. The number of imide groups is 1. The molecule has 0 bridgehead atoms. The molecule has 0 aromatic heterocycles. The number of likely N-dealkylation sites (N-methyl/N-ethyl adjacent to an activating group) is 1. The molecule has 4 amide bonds. The first-order chi connectivity index (χ1) is 12.3. The van der Waals surface area contributed by atoms with Gasteiger partial charge in [-0.3, -0.25) is 19.9 Å². The van der Waals surface area contributed by atoms with Gasteiger partial charge in [-0.25, -0.2) is 9.18 Å². The van der Waals surface area contributed by atoms with Gasteiger partial charge in [0.1, 0.15) is 12.1 Å². The van der Waals surface area contributed by atoms with E-state index < -0.39 is 29.2 Å². The molecule has 1 atom stereocenters. The van der Waals surface area contributed by atoms with E-state index in [9.17, 15) is 18.8 Å². The lowest BCUT2D eigenvalue weighted by molar-refractivity contribution is -0.139. The largest absolute Gasteiger partial charge is 0.489 e. The third-order valence-electron chi connectivity index (χ3n) is 4.19. The average molecular weight is 366 g/mol. The van der Waals surface area contributed by atoms with E-state index in [0.29, 0.717) is 18.0 Å². The Bertz CT molecular complexity index is 699. The van der Waals surface area contributed by atoms with Gasteiger partial charge < -0.3 is 10.1 Å². The normalized spacial score (nSPS) is 19.7. The van der Waals surface area contributed by atoms with Gasteiger partial charge in [-0.15, -0.1) is 0 Å². The zero-order valence-corrected chi connectivity index (χ0v) is 15.0. The van der Waals surface area contributed by atoms with Crippen LogP contribution in [0.15, 0.2) is 24.3 Å². The minimum atomic E-state index is -1.01. The number of benzene rings is 1. The zero-order valence-electron chi connectivity index (χ0n) is 15.0. The summed E-state index contributed by atoms with van der Waals surface area (Å²) in [5.74, 6) is -1.32. The van der Waals surface area contributed by atoms with Gasteiger partial charge in [-0.05, 0) is 32.5 Å². The van der Waals surface area contributed by atoms with E-state index in [1.54, 1.807) is 37.9 Å². The van der Waals surface area contributed by atoms with Crippen LogP contribution in [0.5, 0.6) is 5.75 Å². The number of urea groups is 1. The Kier molecular flexibility index (Phi) is 6.14. The van der Waals surface area contributed by atoms with E-state index in [0.717, 1.165) is 0 Å². The predicted molar refractivity (Wildman–Crippen MR) is 91.6 cm³/mol. The van der Waals surface area contributed by atoms with Crippen LogP contribution in [0.3, 0.4) is 0 Å². The molecule has 0 spiro atoms. The summed E-state index contributed by atoms with van der Waals surface area (Å²) in [6, 6.07) is 5.40. The summed E-state index contributed by atoms with van der Waals surface area (Å²) >= 11 is 0. The molecule has 0 radical (unpaired) electrons. The third kappa shape index (κ3) is 4.48. The molecule has 1 fully saturated rings. The molecule has 1 aromatic rings. The number of para-hydroxylation sites is 1. The maximum absolute atomic E-state index is 13.4. The highest BCUT2D eigenvalue weighted by Crippen LogP contribution is 2.19. The Hall–Kier alpha value is -2.68. The van der Waals surface area contributed by atoms with E-state index in [4.69, 9.17) is 4.74 Å². The van der Waals surface area contributed by atoms with Gasteiger partial charge in [0.2, 0.25) is 0 Å².